The van der Waals surface area contributed by atoms with Crippen LogP contribution in [0.1, 0.15) is 89.0 Å². The third-order valence-corrected chi connectivity index (χ3v) is 5.03. The first-order valence-corrected chi connectivity index (χ1v) is 8.88. The van der Waals surface area contributed by atoms with E-state index in [0.717, 1.165) is 19.5 Å². The van der Waals surface area contributed by atoms with E-state index in [9.17, 15) is 0 Å². The van der Waals surface area contributed by atoms with Crippen LogP contribution >= 0.6 is 0 Å². The van der Waals surface area contributed by atoms with Crippen LogP contribution in [0, 0.1) is 0 Å². The van der Waals surface area contributed by atoms with Crippen LogP contribution in [0.3, 0.4) is 0 Å². The number of aromatic nitrogens is 2. The Kier molecular flexibility index (Phi) is 4.39. The summed E-state index contributed by atoms with van der Waals surface area (Å²) >= 11 is 0. The van der Waals surface area contributed by atoms with Gasteiger partial charge in [0.1, 0.15) is 5.82 Å². The second-order valence-electron chi connectivity index (χ2n) is 7.87. The van der Waals surface area contributed by atoms with Crippen LogP contribution in [0.15, 0.2) is 0 Å². The Hall–Kier alpha value is -0.830. The molecule has 118 valence electrons. The summed E-state index contributed by atoms with van der Waals surface area (Å²) < 4.78 is 2.67. The molecular weight excluding hydrogens is 258 g/mol. The van der Waals surface area contributed by atoms with Gasteiger partial charge in [-0.3, -0.25) is 0 Å². The monoisotopic (exact) mass is 289 g/mol. The van der Waals surface area contributed by atoms with E-state index in [1.54, 1.807) is 0 Å². The first-order valence-electron chi connectivity index (χ1n) is 8.88. The van der Waals surface area contributed by atoms with Crippen molar-refractivity contribution in [3.63, 3.8) is 0 Å². The van der Waals surface area contributed by atoms with Crippen molar-refractivity contribution >= 4 is 0 Å². The first kappa shape index (κ1) is 15.1. The Labute approximate surface area is 129 Å². The van der Waals surface area contributed by atoms with Gasteiger partial charge in [0.2, 0.25) is 0 Å². The second-order valence-corrected chi connectivity index (χ2v) is 7.87. The molecule has 1 fully saturated rings. The summed E-state index contributed by atoms with van der Waals surface area (Å²) in [7, 11) is 0. The minimum absolute atomic E-state index is 0.139. The zero-order chi connectivity index (χ0) is 14.9. The Balaban J connectivity index is 1.99. The van der Waals surface area contributed by atoms with Crippen molar-refractivity contribution in [2.75, 3.05) is 6.54 Å². The van der Waals surface area contributed by atoms with Crippen molar-refractivity contribution in [3.8, 4) is 0 Å². The van der Waals surface area contributed by atoms with E-state index in [4.69, 9.17) is 4.98 Å². The first-order chi connectivity index (χ1) is 10.1. The van der Waals surface area contributed by atoms with Crippen LogP contribution in [0.4, 0.5) is 0 Å². The summed E-state index contributed by atoms with van der Waals surface area (Å²) in [4.78, 5) is 5.05. The molecule has 1 aromatic heterocycles. The fourth-order valence-corrected chi connectivity index (χ4v) is 3.95. The molecule has 3 nitrogen and oxygen atoms in total. The van der Waals surface area contributed by atoms with Crippen LogP contribution in [0.5, 0.6) is 0 Å². The lowest BCUT2D eigenvalue weighted by atomic mass is 9.92. The Bertz CT molecular complexity index is 473. The maximum absolute atomic E-state index is 5.05. The summed E-state index contributed by atoms with van der Waals surface area (Å²) in [5, 5.41) is 3.48. The predicted molar refractivity (Wildman–Crippen MR) is 87.7 cm³/mol. The highest BCUT2D eigenvalue weighted by atomic mass is 15.2. The van der Waals surface area contributed by atoms with Crippen molar-refractivity contribution in [2.45, 2.75) is 90.1 Å². The quantitative estimate of drug-likeness (QED) is 0.843. The minimum Gasteiger partial charge on any atom is -0.328 e. The van der Waals surface area contributed by atoms with Crippen molar-refractivity contribution in [2.24, 2.45) is 0 Å². The van der Waals surface area contributed by atoms with Crippen LogP contribution in [0.25, 0.3) is 0 Å². The fourth-order valence-electron chi connectivity index (χ4n) is 3.95. The molecule has 0 atom stereocenters. The predicted octanol–water partition coefficient (Wildman–Crippen LogP) is 4.11. The summed E-state index contributed by atoms with van der Waals surface area (Å²) in [5.41, 5.74) is 2.98. The Morgan fingerprint density at radius 1 is 1.05 bits per heavy atom. The van der Waals surface area contributed by atoms with E-state index in [1.165, 1.54) is 62.2 Å². The highest BCUT2D eigenvalue weighted by Crippen LogP contribution is 2.34. The lowest BCUT2D eigenvalue weighted by Gasteiger charge is -2.30. The molecule has 0 unspecified atom stereocenters. The minimum atomic E-state index is 0.139. The maximum Gasteiger partial charge on any atom is 0.114 e. The molecule has 0 bridgehead atoms. The molecule has 2 aliphatic rings. The third-order valence-electron chi connectivity index (χ3n) is 5.03. The SMILES string of the molecule is CC(C)(C)c1nc2c(n1C1CCCCCCC1)CCNC2. The van der Waals surface area contributed by atoms with Gasteiger partial charge in [-0.1, -0.05) is 52.9 Å². The molecule has 1 aromatic rings. The molecule has 3 heteroatoms. The molecule has 1 saturated carbocycles. The van der Waals surface area contributed by atoms with Gasteiger partial charge in [0.25, 0.3) is 0 Å². The molecule has 0 aromatic carbocycles. The lowest BCUT2D eigenvalue weighted by molar-refractivity contribution is 0.339. The van der Waals surface area contributed by atoms with E-state index < -0.39 is 0 Å². The molecule has 21 heavy (non-hydrogen) atoms. The van der Waals surface area contributed by atoms with E-state index in [-0.39, 0.29) is 5.41 Å². The van der Waals surface area contributed by atoms with Gasteiger partial charge in [0, 0.05) is 36.7 Å². The van der Waals surface area contributed by atoms with Crippen LogP contribution in [-0.2, 0) is 18.4 Å². The Morgan fingerprint density at radius 3 is 2.38 bits per heavy atom. The zero-order valence-corrected chi connectivity index (χ0v) is 14.0. The summed E-state index contributed by atoms with van der Waals surface area (Å²) in [6.45, 7) is 9.00. The molecular formula is C18H31N3. The molecule has 0 spiro atoms. The van der Waals surface area contributed by atoms with Crippen molar-refractivity contribution < 1.29 is 0 Å². The average Bonchev–Trinajstić information content (AvgIpc) is 2.78. The largest absolute Gasteiger partial charge is 0.328 e. The molecule has 1 aliphatic heterocycles. The lowest BCUT2D eigenvalue weighted by Crippen LogP contribution is -2.27. The average molecular weight is 289 g/mol. The highest BCUT2D eigenvalue weighted by molar-refractivity contribution is 5.24. The Morgan fingerprint density at radius 2 is 1.71 bits per heavy atom. The van der Waals surface area contributed by atoms with Gasteiger partial charge >= 0.3 is 0 Å². The zero-order valence-electron chi connectivity index (χ0n) is 14.0. The number of hydrogen-bond donors (Lipinski definition) is 1. The third kappa shape index (κ3) is 3.18. The van der Waals surface area contributed by atoms with Crippen molar-refractivity contribution in [3.05, 3.63) is 17.2 Å². The van der Waals surface area contributed by atoms with Crippen LogP contribution in [0.2, 0.25) is 0 Å². The number of nitrogens with one attached hydrogen (secondary N) is 1. The number of hydrogen-bond acceptors (Lipinski definition) is 2. The molecule has 0 saturated heterocycles. The summed E-state index contributed by atoms with van der Waals surface area (Å²) in [6, 6.07) is 0.689. The van der Waals surface area contributed by atoms with Gasteiger partial charge in [-0.15, -0.1) is 0 Å². The molecule has 0 amide bonds. The smallest absolute Gasteiger partial charge is 0.114 e. The fraction of sp³-hybridized carbons (Fsp3) is 0.833. The van der Waals surface area contributed by atoms with E-state index in [0.29, 0.717) is 6.04 Å². The second kappa shape index (κ2) is 6.12. The maximum atomic E-state index is 5.05. The standard InChI is InChI=1S/C18H31N3/c1-18(2,3)17-20-15-13-19-12-11-16(15)21(17)14-9-7-5-4-6-8-10-14/h14,19H,4-13H2,1-3H3. The summed E-state index contributed by atoms with van der Waals surface area (Å²) in [6.07, 6.45) is 10.9. The van der Waals surface area contributed by atoms with Crippen LogP contribution < -0.4 is 5.32 Å². The molecule has 0 radical (unpaired) electrons. The van der Waals surface area contributed by atoms with Gasteiger partial charge < -0.3 is 9.88 Å². The van der Waals surface area contributed by atoms with Gasteiger partial charge in [0.05, 0.1) is 5.69 Å². The van der Waals surface area contributed by atoms with E-state index in [2.05, 4.69) is 30.7 Å². The molecule has 1 N–H and O–H groups in total. The van der Waals surface area contributed by atoms with Gasteiger partial charge in [0.15, 0.2) is 0 Å². The van der Waals surface area contributed by atoms with E-state index in [1.807, 2.05) is 0 Å². The van der Waals surface area contributed by atoms with Crippen molar-refractivity contribution in [1.29, 1.82) is 0 Å². The molecule has 2 heterocycles. The number of imidazole rings is 1. The van der Waals surface area contributed by atoms with Crippen LogP contribution in [-0.4, -0.2) is 16.1 Å². The molecule has 3 rings (SSSR count). The normalized spacial score (nSPS) is 21.7. The molecule has 1 aliphatic carbocycles. The topological polar surface area (TPSA) is 29.9 Å². The van der Waals surface area contributed by atoms with Gasteiger partial charge in [-0.05, 0) is 12.8 Å². The number of nitrogens with zero attached hydrogens (tertiary/aromatic N) is 2. The van der Waals surface area contributed by atoms with Gasteiger partial charge in [-0.25, -0.2) is 4.98 Å². The van der Waals surface area contributed by atoms with Gasteiger partial charge in [-0.2, -0.15) is 0 Å². The van der Waals surface area contributed by atoms with Crippen molar-refractivity contribution in [1.82, 2.24) is 14.9 Å². The number of rotatable bonds is 1. The highest BCUT2D eigenvalue weighted by Gasteiger charge is 2.30. The number of fused-ring (bicyclic) bond motifs is 1. The van der Waals surface area contributed by atoms with E-state index >= 15 is 0 Å². The summed E-state index contributed by atoms with van der Waals surface area (Å²) in [5.74, 6) is 1.32.